The van der Waals surface area contributed by atoms with E-state index in [1.54, 1.807) is 18.2 Å². The number of carbonyl (C=O) groups is 1. The van der Waals surface area contributed by atoms with E-state index in [0.29, 0.717) is 34.2 Å². The van der Waals surface area contributed by atoms with Crippen molar-refractivity contribution in [3.63, 3.8) is 0 Å². The number of aliphatic hydroxyl groups excluding tert-OH is 1. The summed E-state index contributed by atoms with van der Waals surface area (Å²) in [5, 5.41) is 10.9. The molecule has 0 saturated carbocycles. The molecule has 2 aromatic rings. The molecule has 3 aliphatic rings. The van der Waals surface area contributed by atoms with Crippen LogP contribution < -0.4 is 25.7 Å². The number of fused-ring (bicyclic) bond motifs is 3. The van der Waals surface area contributed by atoms with Gasteiger partial charge in [-0.25, -0.2) is 0 Å². The Balaban J connectivity index is 1.75. The number of nitrogen functional groups attached to an aromatic ring is 2. The van der Waals surface area contributed by atoms with Crippen molar-refractivity contribution in [1.82, 2.24) is 0 Å². The third kappa shape index (κ3) is 2.24. The normalized spacial score (nSPS) is 27.1. The highest BCUT2D eigenvalue weighted by atomic mass is 16.7. The van der Waals surface area contributed by atoms with Gasteiger partial charge in [0.05, 0.1) is 37.1 Å². The van der Waals surface area contributed by atoms with Crippen LogP contribution in [-0.2, 0) is 9.53 Å². The monoisotopic (exact) mass is 384 g/mol. The molecule has 1 aliphatic carbocycles. The summed E-state index contributed by atoms with van der Waals surface area (Å²) in [4.78, 5) is 12.6. The van der Waals surface area contributed by atoms with Gasteiger partial charge in [0.25, 0.3) is 0 Å². The second-order valence-corrected chi connectivity index (χ2v) is 7.30. The number of anilines is 2. The molecule has 4 unspecified atom stereocenters. The van der Waals surface area contributed by atoms with E-state index in [0.717, 1.165) is 11.1 Å². The van der Waals surface area contributed by atoms with Crippen molar-refractivity contribution in [3.05, 3.63) is 41.0 Å². The quantitative estimate of drug-likeness (QED) is 0.526. The van der Waals surface area contributed by atoms with Crippen molar-refractivity contribution in [2.45, 2.75) is 12.0 Å². The number of rotatable bonds is 2. The average molecular weight is 384 g/mol. The Hall–Kier alpha value is -3.13. The van der Waals surface area contributed by atoms with Gasteiger partial charge < -0.3 is 35.5 Å². The summed E-state index contributed by atoms with van der Waals surface area (Å²) < 4.78 is 21.7. The smallest absolute Gasteiger partial charge is 0.310 e. The molecule has 2 aliphatic heterocycles. The van der Waals surface area contributed by atoms with Gasteiger partial charge in [-0.3, -0.25) is 4.79 Å². The number of nitrogens with two attached hydrogens (primary N) is 2. The molecular weight excluding hydrogens is 364 g/mol. The van der Waals surface area contributed by atoms with Gasteiger partial charge in [-0.15, -0.1) is 0 Å². The van der Waals surface area contributed by atoms with Gasteiger partial charge in [-0.05, 0) is 41.0 Å². The lowest BCUT2D eigenvalue weighted by molar-refractivity contribution is -0.141. The summed E-state index contributed by atoms with van der Waals surface area (Å²) in [7, 11) is 1.51. The van der Waals surface area contributed by atoms with Crippen LogP contribution in [0, 0.1) is 11.8 Å². The van der Waals surface area contributed by atoms with Gasteiger partial charge >= 0.3 is 5.97 Å². The second-order valence-electron chi connectivity index (χ2n) is 7.30. The number of methoxy groups -OCH3 is 1. The summed E-state index contributed by atoms with van der Waals surface area (Å²) >= 11 is 0. The summed E-state index contributed by atoms with van der Waals surface area (Å²) in [6.45, 7) is 0.285. The standard InChI is InChI=1S/C20H20N2O6/c1-25-15-3-8(2-12(21)18(15)22)16-9-4-13-14(28-7-27-13)5-10(9)19(23)11-6-26-20(24)17(11)16/h2-5,11,16-17,19,23H,6-7,21-22H2,1H3. The minimum absolute atomic E-state index is 0.122. The Bertz CT molecular complexity index is 991. The number of aliphatic hydroxyl groups is 1. The topological polar surface area (TPSA) is 126 Å². The molecule has 0 amide bonds. The Kier molecular flexibility index (Phi) is 3.60. The maximum Gasteiger partial charge on any atom is 0.310 e. The van der Waals surface area contributed by atoms with Crippen molar-refractivity contribution in [2.75, 3.05) is 32.0 Å². The van der Waals surface area contributed by atoms with Gasteiger partial charge in [0, 0.05) is 11.8 Å². The zero-order valence-corrected chi connectivity index (χ0v) is 15.2. The first-order chi connectivity index (χ1) is 13.5. The molecule has 2 aromatic carbocycles. The van der Waals surface area contributed by atoms with Crippen LogP contribution >= 0.6 is 0 Å². The Morgan fingerprint density at radius 2 is 1.79 bits per heavy atom. The largest absolute Gasteiger partial charge is 0.495 e. The molecule has 0 spiro atoms. The molecule has 0 radical (unpaired) electrons. The molecule has 1 saturated heterocycles. The maximum atomic E-state index is 12.6. The first-order valence-corrected chi connectivity index (χ1v) is 9.00. The van der Waals surface area contributed by atoms with E-state index in [9.17, 15) is 9.90 Å². The first-order valence-electron chi connectivity index (χ1n) is 9.00. The van der Waals surface area contributed by atoms with Gasteiger partial charge in [-0.2, -0.15) is 0 Å². The van der Waals surface area contributed by atoms with Crippen LogP contribution in [0.15, 0.2) is 24.3 Å². The summed E-state index contributed by atoms with van der Waals surface area (Å²) in [5.74, 6) is -0.0423. The molecule has 8 nitrogen and oxygen atoms in total. The number of hydrogen-bond donors (Lipinski definition) is 3. The number of benzene rings is 2. The lowest BCUT2D eigenvalue weighted by Gasteiger charge is -2.37. The molecule has 28 heavy (non-hydrogen) atoms. The molecule has 2 heterocycles. The van der Waals surface area contributed by atoms with Crippen molar-refractivity contribution >= 4 is 17.3 Å². The Morgan fingerprint density at radius 3 is 2.50 bits per heavy atom. The molecule has 5 N–H and O–H groups in total. The highest BCUT2D eigenvalue weighted by Gasteiger charge is 2.52. The maximum absolute atomic E-state index is 12.6. The fourth-order valence-electron chi connectivity index (χ4n) is 4.55. The fourth-order valence-corrected chi connectivity index (χ4v) is 4.55. The predicted octanol–water partition coefficient (Wildman–Crippen LogP) is 1.56. The number of cyclic esters (lactones) is 1. The van der Waals surface area contributed by atoms with Crippen LogP contribution in [0.4, 0.5) is 11.4 Å². The zero-order chi connectivity index (χ0) is 19.6. The molecule has 0 bridgehead atoms. The lowest BCUT2D eigenvalue weighted by atomic mass is 9.66. The third-order valence-corrected chi connectivity index (χ3v) is 5.92. The van der Waals surface area contributed by atoms with Crippen LogP contribution in [0.2, 0.25) is 0 Å². The molecular formula is C20H20N2O6. The summed E-state index contributed by atoms with van der Waals surface area (Å²) in [5.41, 5.74) is 15.1. The van der Waals surface area contributed by atoms with Gasteiger partial charge in [0.15, 0.2) is 11.5 Å². The minimum atomic E-state index is -0.842. The van der Waals surface area contributed by atoms with E-state index in [4.69, 9.17) is 30.4 Å². The first kappa shape index (κ1) is 17.0. The van der Waals surface area contributed by atoms with E-state index in [-0.39, 0.29) is 31.2 Å². The average Bonchev–Trinajstić information content (AvgIpc) is 3.30. The van der Waals surface area contributed by atoms with Crippen LogP contribution in [-0.4, -0.2) is 31.6 Å². The van der Waals surface area contributed by atoms with Crippen LogP contribution in [0.3, 0.4) is 0 Å². The van der Waals surface area contributed by atoms with E-state index in [1.807, 2.05) is 6.07 Å². The second kappa shape index (κ2) is 5.93. The van der Waals surface area contributed by atoms with Crippen LogP contribution in [0.25, 0.3) is 0 Å². The van der Waals surface area contributed by atoms with Crippen LogP contribution in [0.5, 0.6) is 17.2 Å². The molecule has 8 heteroatoms. The van der Waals surface area contributed by atoms with Crippen molar-refractivity contribution in [2.24, 2.45) is 11.8 Å². The Labute approximate surface area is 160 Å². The fraction of sp³-hybridized carbons (Fsp3) is 0.350. The van der Waals surface area contributed by atoms with Crippen molar-refractivity contribution in [3.8, 4) is 17.2 Å². The SMILES string of the molecule is COc1cc(C2c3cc4c(cc3C(O)C3COC(=O)C23)OCO4)cc(N)c1N. The zero-order valence-electron chi connectivity index (χ0n) is 15.2. The third-order valence-electron chi connectivity index (χ3n) is 5.92. The number of hydrogen-bond acceptors (Lipinski definition) is 8. The minimum Gasteiger partial charge on any atom is -0.495 e. The number of esters is 1. The van der Waals surface area contributed by atoms with Gasteiger partial charge in [0.1, 0.15) is 5.75 Å². The van der Waals surface area contributed by atoms with Crippen molar-refractivity contribution in [1.29, 1.82) is 0 Å². The molecule has 4 atom stereocenters. The van der Waals surface area contributed by atoms with Crippen LogP contribution in [0.1, 0.15) is 28.7 Å². The van der Waals surface area contributed by atoms with Crippen molar-refractivity contribution < 1.29 is 28.8 Å². The van der Waals surface area contributed by atoms with E-state index in [1.165, 1.54) is 7.11 Å². The predicted molar refractivity (Wildman–Crippen MR) is 99.1 cm³/mol. The Morgan fingerprint density at radius 1 is 1.07 bits per heavy atom. The molecule has 5 rings (SSSR count). The number of carbonyl (C=O) groups excluding carboxylic acids is 1. The highest BCUT2D eigenvalue weighted by Crippen LogP contribution is 2.54. The van der Waals surface area contributed by atoms with Gasteiger partial charge in [-0.1, -0.05) is 0 Å². The summed E-state index contributed by atoms with van der Waals surface area (Å²) in [6.07, 6.45) is -0.842. The summed E-state index contributed by atoms with van der Waals surface area (Å²) in [6, 6.07) is 7.14. The highest BCUT2D eigenvalue weighted by molar-refractivity contribution is 5.80. The molecule has 0 aromatic heterocycles. The van der Waals surface area contributed by atoms with E-state index >= 15 is 0 Å². The number of ether oxygens (including phenoxy) is 4. The molecule has 146 valence electrons. The lowest BCUT2D eigenvalue weighted by Crippen LogP contribution is -2.34. The van der Waals surface area contributed by atoms with E-state index in [2.05, 4.69) is 0 Å². The molecule has 1 fully saturated rings. The van der Waals surface area contributed by atoms with Gasteiger partial charge in [0.2, 0.25) is 6.79 Å². The van der Waals surface area contributed by atoms with E-state index < -0.39 is 12.0 Å².